The van der Waals surface area contributed by atoms with Crippen molar-refractivity contribution >= 4 is 17.3 Å². The maximum absolute atomic E-state index is 5.68. The van der Waals surface area contributed by atoms with Crippen molar-refractivity contribution in [3.8, 4) is 0 Å². The third-order valence-corrected chi connectivity index (χ3v) is 2.85. The molecule has 1 aromatic heterocycles. The van der Waals surface area contributed by atoms with Gasteiger partial charge in [0.1, 0.15) is 5.01 Å². The van der Waals surface area contributed by atoms with Gasteiger partial charge in [0, 0.05) is 19.5 Å². The van der Waals surface area contributed by atoms with Gasteiger partial charge in [-0.25, -0.2) is 9.98 Å². The van der Waals surface area contributed by atoms with Crippen molar-refractivity contribution in [3.63, 3.8) is 0 Å². The molecule has 4 nitrogen and oxygen atoms in total. The van der Waals surface area contributed by atoms with Gasteiger partial charge in [0.2, 0.25) is 0 Å². The normalized spacial score (nSPS) is 12.2. The Morgan fingerprint density at radius 1 is 1.60 bits per heavy atom. The van der Waals surface area contributed by atoms with Crippen molar-refractivity contribution < 1.29 is 0 Å². The number of nitrogens with two attached hydrogens (primary N) is 1. The maximum atomic E-state index is 5.68. The van der Waals surface area contributed by atoms with E-state index in [0.29, 0.717) is 18.4 Å². The van der Waals surface area contributed by atoms with Crippen LogP contribution >= 0.6 is 11.3 Å². The lowest BCUT2D eigenvalue weighted by molar-refractivity contribution is 0.609. The van der Waals surface area contributed by atoms with Crippen molar-refractivity contribution in [2.24, 2.45) is 10.7 Å². The van der Waals surface area contributed by atoms with E-state index in [0.717, 1.165) is 10.7 Å². The summed E-state index contributed by atoms with van der Waals surface area (Å²) < 4.78 is 0. The molecule has 0 radical (unpaired) electrons. The fourth-order valence-corrected chi connectivity index (χ4v) is 1.83. The third-order valence-electron chi connectivity index (χ3n) is 2.00. The lowest BCUT2D eigenvalue weighted by atomic mass is 10.2. The predicted octanol–water partition coefficient (Wildman–Crippen LogP) is 1.64. The molecular formula is C10H18N4S. The van der Waals surface area contributed by atoms with E-state index < -0.39 is 0 Å². The van der Waals surface area contributed by atoms with Crippen LogP contribution in [0.2, 0.25) is 0 Å². The first-order valence-corrected chi connectivity index (χ1v) is 5.80. The number of rotatable bonds is 3. The average Bonchev–Trinajstić information content (AvgIpc) is 2.62. The Kier molecular flexibility index (Phi) is 4.08. The smallest absolute Gasteiger partial charge is 0.191 e. The number of guanidine groups is 1. The predicted molar refractivity (Wildman–Crippen MR) is 65.2 cm³/mol. The van der Waals surface area contributed by atoms with Crippen LogP contribution in [0.25, 0.3) is 0 Å². The molecule has 1 aromatic rings. The Balaban J connectivity index is 2.62. The van der Waals surface area contributed by atoms with E-state index in [-0.39, 0.29) is 0 Å². The molecule has 1 heterocycles. The highest BCUT2D eigenvalue weighted by atomic mass is 32.1. The van der Waals surface area contributed by atoms with Crippen molar-refractivity contribution in [1.82, 2.24) is 9.88 Å². The number of aromatic nitrogens is 1. The molecular weight excluding hydrogens is 208 g/mol. The van der Waals surface area contributed by atoms with Gasteiger partial charge in [-0.05, 0) is 5.92 Å². The minimum atomic E-state index is 0.477. The van der Waals surface area contributed by atoms with E-state index in [4.69, 9.17) is 5.73 Å². The molecule has 0 aromatic carbocycles. The summed E-state index contributed by atoms with van der Waals surface area (Å²) in [7, 11) is 3.75. The molecule has 2 N–H and O–H groups in total. The van der Waals surface area contributed by atoms with Crippen LogP contribution in [-0.2, 0) is 6.54 Å². The van der Waals surface area contributed by atoms with Gasteiger partial charge >= 0.3 is 0 Å². The number of hydrogen-bond donors (Lipinski definition) is 1. The van der Waals surface area contributed by atoms with Crippen LogP contribution < -0.4 is 5.73 Å². The standard InChI is InChI=1S/C10H18N4S/c1-7(2)8-6-15-9(13-8)5-12-10(11)14(3)4/h6-7H,5H2,1-4H3,(H2,11,12). The van der Waals surface area contributed by atoms with Crippen LogP contribution in [-0.4, -0.2) is 29.9 Å². The van der Waals surface area contributed by atoms with Crippen LogP contribution in [0.1, 0.15) is 30.5 Å². The minimum absolute atomic E-state index is 0.477. The molecule has 5 heteroatoms. The first-order chi connectivity index (χ1) is 7.00. The first-order valence-electron chi connectivity index (χ1n) is 4.92. The van der Waals surface area contributed by atoms with E-state index in [1.54, 1.807) is 16.2 Å². The highest BCUT2D eigenvalue weighted by Crippen LogP contribution is 2.18. The summed E-state index contributed by atoms with van der Waals surface area (Å²) in [5.74, 6) is 1.02. The van der Waals surface area contributed by atoms with Crippen LogP contribution in [0, 0.1) is 0 Å². The summed E-state index contributed by atoms with van der Waals surface area (Å²) in [6.07, 6.45) is 0. The second-order valence-electron chi connectivity index (χ2n) is 3.89. The number of thiazole rings is 1. The molecule has 0 saturated carbocycles. The van der Waals surface area contributed by atoms with Crippen molar-refractivity contribution in [1.29, 1.82) is 0 Å². The molecule has 0 aliphatic rings. The zero-order valence-corrected chi connectivity index (χ0v) is 10.5. The minimum Gasteiger partial charge on any atom is -0.370 e. The second kappa shape index (κ2) is 5.11. The molecule has 0 bridgehead atoms. The van der Waals surface area contributed by atoms with Gasteiger partial charge in [0.15, 0.2) is 5.96 Å². The molecule has 0 saturated heterocycles. The van der Waals surface area contributed by atoms with Gasteiger partial charge in [0.25, 0.3) is 0 Å². The molecule has 0 fully saturated rings. The van der Waals surface area contributed by atoms with Crippen LogP contribution in [0.15, 0.2) is 10.4 Å². The molecule has 0 spiro atoms. The summed E-state index contributed by atoms with van der Waals surface area (Å²) in [4.78, 5) is 10.5. The van der Waals surface area contributed by atoms with Gasteiger partial charge in [-0.15, -0.1) is 11.3 Å². The molecule has 84 valence electrons. The first kappa shape index (κ1) is 12.0. The number of hydrogen-bond acceptors (Lipinski definition) is 3. The highest BCUT2D eigenvalue weighted by molar-refractivity contribution is 7.09. The molecule has 0 atom stereocenters. The molecule has 1 rings (SSSR count). The fraction of sp³-hybridized carbons (Fsp3) is 0.600. The third kappa shape index (κ3) is 3.51. The summed E-state index contributed by atoms with van der Waals surface area (Å²) in [5.41, 5.74) is 6.82. The van der Waals surface area contributed by atoms with E-state index in [1.807, 2.05) is 14.1 Å². The van der Waals surface area contributed by atoms with E-state index >= 15 is 0 Å². The molecule has 0 aliphatic heterocycles. The quantitative estimate of drug-likeness (QED) is 0.629. The highest BCUT2D eigenvalue weighted by Gasteiger charge is 2.05. The lowest BCUT2D eigenvalue weighted by Gasteiger charge is -2.09. The van der Waals surface area contributed by atoms with Crippen LogP contribution in [0.5, 0.6) is 0 Å². The summed E-state index contributed by atoms with van der Waals surface area (Å²) >= 11 is 1.64. The van der Waals surface area contributed by atoms with E-state index in [9.17, 15) is 0 Å². The Labute approximate surface area is 94.8 Å². The number of nitrogens with zero attached hydrogens (tertiary/aromatic N) is 3. The number of aliphatic imine (C=N–C) groups is 1. The van der Waals surface area contributed by atoms with Crippen LogP contribution in [0.4, 0.5) is 0 Å². The van der Waals surface area contributed by atoms with Crippen molar-refractivity contribution in [3.05, 3.63) is 16.1 Å². The Morgan fingerprint density at radius 3 is 2.73 bits per heavy atom. The van der Waals surface area contributed by atoms with Gasteiger partial charge in [-0.3, -0.25) is 0 Å². The SMILES string of the molecule is CC(C)c1csc(CN=C(N)N(C)C)n1. The van der Waals surface area contributed by atoms with Gasteiger partial charge < -0.3 is 10.6 Å². The lowest BCUT2D eigenvalue weighted by Crippen LogP contribution is -2.30. The second-order valence-corrected chi connectivity index (χ2v) is 4.83. The Morgan fingerprint density at radius 2 is 2.27 bits per heavy atom. The molecule has 0 aliphatic carbocycles. The fourth-order valence-electron chi connectivity index (χ4n) is 0.953. The molecule has 0 unspecified atom stereocenters. The van der Waals surface area contributed by atoms with Gasteiger partial charge in [-0.1, -0.05) is 13.8 Å². The molecule has 0 amide bonds. The topological polar surface area (TPSA) is 54.5 Å². The van der Waals surface area contributed by atoms with Crippen molar-refractivity contribution in [2.45, 2.75) is 26.3 Å². The zero-order valence-electron chi connectivity index (χ0n) is 9.69. The van der Waals surface area contributed by atoms with Gasteiger partial charge in [-0.2, -0.15) is 0 Å². The Hall–Kier alpha value is -1.10. The Bertz CT molecular complexity index is 341. The monoisotopic (exact) mass is 226 g/mol. The van der Waals surface area contributed by atoms with Gasteiger partial charge in [0.05, 0.1) is 12.2 Å². The summed E-state index contributed by atoms with van der Waals surface area (Å²) in [6.45, 7) is 4.84. The average molecular weight is 226 g/mol. The van der Waals surface area contributed by atoms with Crippen molar-refractivity contribution in [2.75, 3.05) is 14.1 Å². The summed E-state index contributed by atoms with van der Waals surface area (Å²) in [5, 5.41) is 3.10. The molecule has 15 heavy (non-hydrogen) atoms. The van der Waals surface area contributed by atoms with Crippen LogP contribution in [0.3, 0.4) is 0 Å². The van der Waals surface area contributed by atoms with E-state index in [2.05, 4.69) is 29.2 Å². The van der Waals surface area contributed by atoms with E-state index in [1.165, 1.54) is 0 Å². The largest absolute Gasteiger partial charge is 0.370 e. The summed E-state index contributed by atoms with van der Waals surface area (Å²) in [6, 6.07) is 0. The zero-order chi connectivity index (χ0) is 11.4. The maximum Gasteiger partial charge on any atom is 0.191 e.